The summed E-state index contributed by atoms with van der Waals surface area (Å²) in [5, 5.41) is 21.0. The molecule has 0 aliphatic carbocycles. The lowest BCUT2D eigenvalue weighted by molar-refractivity contribution is 0.444. The van der Waals surface area contributed by atoms with E-state index in [1.165, 1.54) is 154 Å². The monoisotopic (exact) mass is 531 g/mol. The van der Waals surface area contributed by atoms with Gasteiger partial charge in [-0.3, -0.25) is 0 Å². The van der Waals surface area contributed by atoms with Gasteiger partial charge in [-0.2, -0.15) is 0 Å². The molecule has 0 atom stereocenters. The first kappa shape index (κ1) is 34.8. The summed E-state index contributed by atoms with van der Waals surface area (Å²) < 4.78 is 0. The Kier molecular flexibility index (Phi) is 23.9. The third-order valence-corrected chi connectivity index (χ3v) is 8.44. The number of aromatic hydroxyl groups is 2. The van der Waals surface area contributed by atoms with Crippen LogP contribution in [-0.4, -0.2) is 10.2 Å². The maximum Gasteiger partial charge on any atom is 0.119 e. The number of hydrogen-bond donors (Lipinski definition) is 2. The van der Waals surface area contributed by atoms with Gasteiger partial charge >= 0.3 is 0 Å². The molecule has 1 aromatic rings. The number of hydrogen-bond acceptors (Lipinski definition) is 2. The van der Waals surface area contributed by atoms with Crippen molar-refractivity contribution in [1.82, 2.24) is 0 Å². The van der Waals surface area contributed by atoms with Crippen LogP contribution < -0.4 is 0 Å². The van der Waals surface area contributed by atoms with Crippen molar-refractivity contribution in [3.8, 4) is 11.5 Å². The highest BCUT2D eigenvalue weighted by Gasteiger charge is 2.12. The summed E-state index contributed by atoms with van der Waals surface area (Å²) in [5.74, 6) is 0.762. The molecule has 2 N–H and O–H groups in total. The van der Waals surface area contributed by atoms with E-state index in [4.69, 9.17) is 0 Å². The average Bonchev–Trinajstić information content (AvgIpc) is 2.92. The Morgan fingerprint density at radius 2 is 0.553 bits per heavy atom. The van der Waals surface area contributed by atoms with Crippen LogP contribution >= 0.6 is 0 Å². The largest absolute Gasteiger partial charge is 0.508 e. The molecular weight excluding hydrogens is 464 g/mol. The first-order chi connectivity index (χ1) is 18.7. The molecule has 0 amide bonds. The smallest absolute Gasteiger partial charge is 0.119 e. The van der Waals surface area contributed by atoms with Gasteiger partial charge in [0.15, 0.2) is 0 Å². The van der Waals surface area contributed by atoms with E-state index in [2.05, 4.69) is 13.8 Å². The van der Waals surface area contributed by atoms with Crippen molar-refractivity contribution < 1.29 is 10.2 Å². The highest BCUT2D eigenvalue weighted by Crippen LogP contribution is 2.32. The van der Waals surface area contributed by atoms with Crippen LogP contribution in [0.25, 0.3) is 0 Å². The molecular formula is C36H66O2. The molecule has 222 valence electrons. The average molecular weight is 531 g/mol. The van der Waals surface area contributed by atoms with Crippen LogP contribution in [0.5, 0.6) is 11.5 Å². The second-order valence-electron chi connectivity index (χ2n) is 12.0. The van der Waals surface area contributed by atoms with Crippen LogP contribution in [0.15, 0.2) is 12.1 Å². The predicted octanol–water partition coefficient (Wildman–Crippen LogP) is 12.4. The first-order valence-corrected chi connectivity index (χ1v) is 17.2. The Hall–Kier alpha value is -1.18. The fourth-order valence-electron chi connectivity index (χ4n) is 5.87. The quantitative estimate of drug-likeness (QED) is 0.0835. The van der Waals surface area contributed by atoms with E-state index in [1.807, 2.05) is 0 Å². The van der Waals surface area contributed by atoms with Gasteiger partial charge in [-0.15, -0.1) is 0 Å². The van der Waals surface area contributed by atoms with Crippen molar-refractivity contribution in [1.29, 1.82) is 0 Å². The molecule has 0 radical (unpaired) electrons. The molecule has 0 aliphatic rings. The Labute approximate surface area is 238 Å². The summed E-state index contributed by atoms with van der Waals surface area (Å²) in [6.07, 6.45) is 37.0. The number of phenolic OH excluding ortho intramolecular Hbond substituents is 2. The molecule has 0 fully saturated rings. The van der Waals surface area contributed by atoms with E-state index in [1.54, 1.807) is 12.1 Å². The zero-order chi connectivity index (χ0) is 27.5. The van der Waals surface area contributed by atoms with Crippen LogP contribution in [0.3, 0.4) is 0 Å². The number of benzene rings is 1. The van der Waals surface area contributed by atoms with E-state index in [0.717, 1.165) is 36.8 Å². The summed E-state index contributed by atoms with van der Waals surface area (Å²) in [6, 6.07) is 3.36. The van der Waals surface area contributed by atoms with Gasteiger partial charge in [-0.25, -0.2) is 0 Å². The molecule has 0 aliphatic heterocycles. The molecule has 2 nitrogen and oxygen atoms in total. The van der Waals surface area contributed by atoms with Crippen molar-refractivity contribution in [3.05, 3.63) is 23.3 Å². The van der Waals surface area contributed by atoms with Crippen molar-refractivity contribution in [2.45, 2.75) is 194 Å². The third-order valence-electron chi connectivity index (χ3n) is 8.44. The van der Waals surface area contributed by atoms with Gasteiger partial charge in [0, 0.05) is 11.1 Å². The minimum atomic E-state index is 0.381. The van der Waals surface area contributed by atoms with E-state index in [9.17, 15) is 10.2 Å². The van der Waals surface area contributed by atoms with Gasteiger partial charge in [0.25, 0.3) is 0 Å². The molecule has 0 heterocycles. The van der Waals surface area contributed by atoms with E-state index >= 15 is 0 Å². The van der Waals surface area contributed by atoms with Crippen molar-refractivity contribution in [2.75, 3.05) is 0 Å². The number of unbranched alkanes of at least 4 members (excludes halogenated alkanes) is 24. The number of phenols is 2. The minimum absolute atomic E-state index is 0.381. The molecule has 0 spiro atoms. The Morgan fingerprint density at radius 1 is 0.342 bits per heavy atom. The standard InChI is InChI=1S/C36H66O2/c1-3-5-7-9-11-13-15-17-19-21-23-25-27-29-33-34(36(38)32-31-35(33)37)30-28-26-24-22-20-18-16-14-12-10-8-6-4-2/h31-32,37-38H,3-30H2,1-2H3. The van der Waals surface area contributed by atoms with E-state index in [-0.39, 0.29) is 0 Å². The van der Waals surface area contributed by atoms with Crippen LogP contribution in [0, 0.1) is 0 Å². The summed E-state index contributed by atoms with van der Waals surface area (Å²) in [4.78, 5) is 0. The highest BCUT2D eigenvalue weighted by molar-refractivity contribution is 5.47. The lowest BCUT2D eigenvalue weighted by Gasteiger charge is -2.14. The van der Waals surface area contributed by atoms with Gasteiger partial charge in [-0.05, 0) is 37.8 Å². The lowest BCUT2D eigenvalue weighted by atomic mass is 9.94. The summed E-state index contributed by atoms with van der Waals surface area (Å²) >= 11 is 0. The molecule has 1 rings (SSSR count). The van der Waals surface area contributed by atoms with Crippen LogP contribution in [-0.2, 0) is 12.8 Å². The van der Waals surface area contributed by atoms with E-state index < -0.39 is 0 Å². The highest BCUT2D eigenvalue weighted by atomic mass is 16.3. The van der Waals surface area contributed by atoms with Gasteiger partial charge in [0.1, 0.15) is 11.5 Å². The molecule has 2 heteroatoms. The second kappa shape index (κ2) is 26.1. The molecule has 0 aromatic heterocycles. The molecule has 0 bridgehead atoms. The number of rotatable bonds is 28. The fourth-order valence-corrected chi connectivity index (χ4v) is 5.87. The van der Waals surface area contributed by atoms with E-state index in [0.29, 0.717) is 11.5 Å². The van der Waals surface area contributed by atoms with Gasteiger partial charge in [0.2, 0.25) is 0 Å². The minimum Gasteiger partial charge on any atom is -0.508 e. The molecule has 1 aromatic carbocycles. The maximum atomic E-state index is 10.5. The molecule has 38 heavy (non-hydrogen) atoms. The fraction of sp³-hybridized carbons (Fsp3) is 0.833. The molecule has 0 saturated carbocycles. The van der Waals surface area contributed by atoms with Crippen LogP contribution in [0.4, 0.5) is 0 Å². The van der Waals surface area contributed by atoms with Crippen molar-refractivity contribution in [3.63, 3.8) is 0 Å². The Bertz CT molecular complexity index is 583. The summed E-state index contributed by atoms with van der Waals surface area (Å²) in [6.45, 7) is 4.57. The zero-order valence-corrected chi connectivity index (χ0v) is 25.8. The van der Waals surface area contributed by atoms with Gasteiger partial charge < -0.3 is 10.2 Å². The SMILES string of the molecule is CCCCCCCCCCCCCCCc1c(O)ccc(O)c1CCCCCCCCCCCCCCC. The Balaban J connectivity index is 2.10. The van der Waals surface area contributed by atoms with Crippen molar-refractivity contribution >= 4 is 0 Å². The van der Waals surface area contributed by atoms with Crippen LogP contribution in [0.2, 0.25) is 0 Å². The topological polar surface area (TPSA) is 40.5 Å². The zero-order valence-electron chi connectivity index (χ0n) is 25.8. The second-order valence-corrected chi connectivity index (χ2v) is 12.0. The predicted molar refractivity (Wildman–Crippen MR) is 169 cm³/mol. The first-order valence-electron chi connectivity index (χ1n) is 17.2. The molecule has 0 saturated heterocycles. The normalized spacial score (nSPS) is 11.4. The molecule has 0 unspecified atom stereocenters. The van der Waals surface area contributed by atoms with Crippen molar-refractivity contribution in [2.24, 2.45) is 0 Å². The van der Waals surface area contributed by atoms with Gasteiger partial charge in [0.05, 0.1) is 0 Å². The lowest BCUT2D eigenvalue weighted by Crippen LogP contribution is -1.97. The summed E-state index contributed by atoms with van der Waals surface area (Å²) in [7, 11) is 0. The van der Waals surface area contributed by atoms with Gasteiger partial charge in [-0.1, -0.05) is 168 Å². The third kappa shape index (κ3) is 19.0. The maximum absolute atomic E-state index is 10.5. The van der Waals surface area contributed by atoms with Crippen LogP contribution in [0.1, 0.15) is 192 Å². The summed E-state index contributed by atoms with van der Waals surface area (Å²) in [5.41, 5.74) is 2.01. The Morgan fingerprint density at radius 3 is 0.789 bits per heavy atom.